The summed E-state index contributed by atoms with van der Waals surface area (Å²) < 4.78 is 0. The van der Waals surface area contributed by atoms with Gasteiger partial charge in [0.1, 0.15) is 6.04 Å². The number of aryl methyl sites for hydroxylation is 1. The quantitative estimate of drug-likeness (QED) is 0.784. The molecule has 0 bridgehead atoms. The van der Waals surface area contributed by atoms with E-state index in [-0.39, 0.29) is 5.91 Å². The SMILES string of the molecule is Cc1cccc(Cl)c1NC(=O)N[C@@H]1CCCCNC1=O. The summed E-state index contributed by atoms with van der Waals surface area (Å²) in [5.74, 6) is -0.131. The normalized spacial score (nSPS) is 18.9. The smallest absolute Gasteiger partial charge is 0.319 e. The van der Waals surface area contributed by atoms with Crippen molar-refractivity contribution >= 4 is 29.2 Å². The van der Waals surface area contributed by atoms with Crippen LogP contribution in [-0.2, 0) is 4.79 Å². The number of urea groups is 1. The van der Waals surface area contributed by atoms with Gasteiger partial charge in [0.2, 0.25) is 5.91 Å². The number of hydrogen-bond acceptors (Lipinski definition) is 2. The number of hydrogen-bond donors (Lipinski definition) is 3. The topological polar surface area (TPSA) is 70.2 Å². The highest BCUT2D eigenvalue weighted by atomic mass is 35.5. The van der Waals surface area contributed by atoms with Crippen LogP contribution < -0.4 is 16.0 Å². The van der Waals surface area contributed by atoms with Gasteiger partial charge in [0.25, 0.3) is 0 Å². The molecule has 6 heteroatoms. The Kier molecular flexibility index (Phi) is 4.84. The van der Waals surface area contributed by atoms with Gasteiger partial charge in [-0.3, -0.25) is 4.79 Å². The minimum Gasteiger partial charge on any atom is -0.354 e. The van der Waals surface area contributed by atoms with Crippen molar-refractivity contribution in [2.75, 3.05) is 11.9 Å². The summed E-state index contributed by atoms with van der Waals surface area (Å²) in [7, 11) is 0. The van der Waals surface area contributed by atoms with Gasteiger partial charge >= 0.3 is 6.03 Å². The molecule has 1 atom stereocenters. The molecule has 1 heterocycles. The molecule has 0 saturated carbocycles. The molecule has 108 valence electrons. The number of halogens is 1. The lowest BCUT2D eigenvalue weighted by molar-refractivity contribution is -0.122. The summed E-state index contributed by atoms with van der Waals surface area (Å²) >= 11 is 6.05. The number of carbonyl (C=O) groups excluding carboxylic acids is 2. The Balaban J connectivity index is 2.00. The lowest BCUT2D eigenvalue weighted by Crippen LogP contribution is -2.47. The molecule has 0 aliphatic carbocycles. The lowest BCUT2D eigenvalue weighted by atomic mass is 10.1. The number of amides is 3. The molecule has 0 radical (unpaired) electrons. The number of anilines is 1. The second kappa shape index (κ2) is 6.61. The zero-order chi connectivity index (χ0) is 14.5. The molecule has 0 spiro atoms. The summed E-state index contributed by atoms with van der Waals surface area (Å²) in [6, 6.07) is 4.49. The average Bonchev–Trinajstić information content (AvgIpc) is 2.60. The Hall–Kier alpha value is -1.75. The molecule has 1 fully saturated rings. The highest BCUT2D eigenvalue weighted by Crippen LogP contribution is 2.25. The van der Waals surface area contributed by atoms with Crippen molar-refractivity contribution in [3.05, 3.63) is 28.8 Å². The van der Waals surface area contributed by atoms with Crippen molar-refractivity contribution in [2.24, 2.45) is 0 Å². The summed E-state index contributed by atoms with van der Waals surface area (Å²) in [4.78, 5) is 23.7. The van der Waals surface area contributed by atoms with Crippen LogP contribution in [0.25, 0.3) is 0 Å². The molecular formula is C14H18ClN3O2. The van der Waals surface area contributed by atoms with E-state index in [1.807, 2.05) is 19.1 Å². The predicted octanol–water partition coefficient (Wildman–Crippen LogP) is 2.44. The van der Waals surface area contributed by atoms with E-state index in [1.54, 1.807) is 6.07 Å². The lowest BCUT2D eigenvalue weighted by Gasteiger charge is -2.17. The monoisotopic (exact) mass is 295 g/mol. The molecule has 0 aromatic heterocycles. The van der Waals surface area contributed by atoms with Crippen LogP contribution in [0.1, 0.15) is 24.8 Å². The Bertz CT molecular complexity index is 499. The number of para-hydroxylation sites is 1. The number of carbonyl (C=O) groups is 2. The summed E-state index contributed by atoms with van der Waals surface area (Å²) in [6.07, 6.45) is 2.50. The van der Waals surface area contributed by atoms with Crippen molar-refractivity contribution in [2.45, 2.75) is 32.2 Å². The third-order valence-corrected chi connectivity index (χ3v) is 3.62. The Morgan fingerprint density at radius 2 is 2.20 bits per heavy atom. The first-order chi connectivity index (χ1) is 9.58. The van der Waals surface area contributed by atoms with Crippen LogP contribution in [0.5, 0.6) is 0 Å². The van der Waals surface area contributed by atoms with E-state index in [0.717, 1.165) is 18.4 Å². The molecule has 2 rings (SSSR count). The number of benzene rings is 1. The van der Waals surface area contributed by atoms with Crippen molar-refractivity contribution in [3.8, 4) is 0 Å². The molecule has 5 nitrogen and oxygen atoms in total. The zero-order valence-corrected chi connectivity index (χ0v) is 12.1. The molecule has 3 amide bonds. The van der Waals surface area contributed by atoms with Crippen LogP contribution in [0.2, 0.25) is 5.02 Å². The molecule has 1 aliphatic rings. The van der Waals surface area contributed by atoms with Gasteiger partial charge in [-0.2, -0.15) is 0 Å². The van der Waals surface area contributed by atoms with E-state index in [1.165, 1.54) is 0 Å². The van der Waals surface area contributed by atoms with Gasteiger partial charge in [0.05, 0.1) is 10.7 Å². The molecular weight excluding hydrogens is 278 g/mol. The largest absolute Gasteiger partial charge is 0.354 e. The van der Waals surface area contributed by atoms with Crippen LogP contribution in [0.3, 0.4) is 0 Å². The summed E-state index contributed by atoms with van der Waals surface area (Å²) in [5.41, 5.74) is 1.44. The van der Waals surface area contributed by atoms with E-state index in [2.05, 4.69) is 16.0 Å². The van der Waals surface area contributed by atoms with E-state index < -0.39 is 12.1 Å². The van der Waals surface area contributed by atoms with Gasteiger partial charge in [-0.05, 0) is 37.8 Å². The average molecular weight is 296 g/mol. The fourth-order valence-electron chi connectivity index (χ4n) is 2.18. The molecule has 1 saturated heterocycles. The maximum absolute atomic E-state index is 12.0. The minimum absolute atomic E-state index is 0.131. The highest BCUT2D eigenvalue weighted by molar-refractivity contribution is 6.33. The maximum Gasteiger partial charge on any atom is 0.319 e. The Morgan fingerprint density at radius 3 is 2.95 bits per heavy atom. The van der Waals surface area contributed by atoms with Crippen molar-refractivity contribution in [1.82, 2.24) is 10.6 Å². The molecule has 1 aromatic rings. The Morgan fingerprint density at radius 1 is 1.40 bits per heavy atom. The van der Waals surface area contributed by atoms with Crippen LogP contribution >= 0.6 is 11.6 Å². The second-order valence-electron chi connectivity index (χ2n) is 4.87. The zero-order valence-electron chi connectivity index (χ0n) is 11.3. The Labute approximate surface area is 123 Å². The van der Waals surface area contributed by atoms with Crippen LogP contribution in [0.15, 0.2) is 18.2 Å². The van der Waals surface area contributed by atoms with Gasteiger partial charge in [-0.25, -0.2) is 4.79 Å². The summed E-state index contributed by atoms with van der Waals surface area (Å²) in [6.45, 7) is 2.53. The first kappa shape index (κ1) is 14.7. The second-order valence-corrected chi connectivity index (χ2v) is 5.28. The molecule has 20 heavy (non-hydrogen) atoms. The van der Waals surface area contributed by atoms with Crippen molar-refractivity contribution < 1.29 is 9.59 Å². The van der Waals surface area contributed by atoms with Gasteiger partial charge in [0, 0.05) is 6.54 Å². The fourth-order valence-corrected chi connectivity index (χ4v) is 2.44. The third kappa shape index (κ3) is 3.63. The van der Waals surface area contributed by atoms with Gasteiger partial charge in [0.15, 0.2) is 0 Å². The third-order valence-electron chi connectivity index (χ3n) is 3.30. The summed E-state index contributed by atoms with van der Waals surface area (Å²) in [5, 5.41) is 8.65. The van der Waals surface area contributed by atoms with E-state index in [0.29, 0.717) is 23.7 Å². The van der Waals surface area contributed by atoms with Crippen LogP contribution in [-0.4, -0.2) is 24.5 Å². The number of nitrogens with one attached hydrogen (secondary N) is 3. The first-order valence-corrected chi connectivity index (χ1v) is 7.06. The molecule has 1 aromatic carbocycles. The van der Waals surface area contributed by atoms with Gasteiger partial charge in [-0.1, -0.05) is 23.7 Å². The fraction of sp³-hybridized carbons (Fsp3) is 0.429. The standard InChI is InChI=1S/C14H18ClN3O2/c1-9-5-4-6-10(15)12(9)18-14(20)17-11-7-2-3-8-16-13(11)19/h4-6,11H,2-3,7-8H2,1H3,(H,16,19)(H2,17,18,20)/t11-/m1/s1. The highest BCUT2D eigenvalue weighted by Gasteiger charge is 2.22. The predicted molar refractivity (Wildman–Crippen MR) is 79.0 cm³/mol. The maximum atomic E-state index is 12.0. The van der Waals surface area contributed by atoms with E-state index in [9.17, 15) is 9.59 Å². The van der Waals surface area contributed by atoms with Crippen LogP contribution in [0.4, 0.5) is 10.5 Å². The molecule has 1 aliphatic heterocycles. The van der Waals surface area contributed by atoms with Gasteiger partial charge < -0.3 is 16.0 Å². The minimum atomic E-state index is -0.486. The van der Waals surface area contributed by atoms with Crippen LogP contribution in [0, 0.1) is 6.92 Å². The molecule has 0 unspecified atom stereocenters. The van der Waals surface area contributed by atoms with E-state index in [4.69, 9.17) is 11.6 Å². The first-order valence-electron chi connectivity index (χ1n) is 6.68. The van der Waals surface area contributed by atoms with Crippen molar-refractivity contribution in [1.29, 1.82) is 0 Å². The molecule has 3 N–H and O–H groups in total. The number of rotatable bonds is 2. The van der Waals surface area contributed by atoms with Gasteiger partial charge in [-0.15, -0.1) is 0 Å². The van der Waals surface area contributed by atoms with Crippen molar-refractivity contribution in [3.63, 3.8) is 0 Å². The van der Waals surface area contributed by atoms with E-state index >= 15 is 0 Å².